The Morgan fingerprint density at radius 1 is 1.44 bits per heavy atom. The van der Waals surface area contributed by atoms with E-state index in [0.29, 0.717) is 0 Å². The third-order valence-corrected chi connectivity index (χ3v) is 4.39. The van der Waals surface area contributed by atoms with Gasteiger partial charge in [0.1, 0.15) is 4.60 Å². The van der Waals surface area contributed by atoms with Crippen LogP contribution in [-0.4, -0.2) is 28.0 Å². The minimum absolute atomic E-state index is 0.971. The molecule has 3 heterocycles. The van der Waals surface area contributed by atoms with Crippen LogP contribution in [0, 0.1) is 0 Å². The van der Waals surface area contributed by atoms with Gasteiger partial charge in [-0.2, -0.15) is 0 Å². The maximum atomic E-state index is 4.63. The van der Waals surface area contributed by atoms with Gasteiger partial charge in [-0.15, -0.1) is 11.3 Å². The normalized spacial score (nSPS) is 16.4. The first-order valence-corrected chi connectivity index (χ1v) is 6.90. The number of imidazole rings is 1. The van der Waals surface area contributed by atoms with Gasteiger partial charge in [0.25, 0.3) is 0 Å². The number of rotatable bonds is 1. The lowest BCUT2D eigenvalue weighted by molar-refractivity contribution is 0.270. The Bertz CT molecular complexity index is 504. The van der Waals surface area contributed by atoms with Crippen molar-refractivity contribution in [1.29, 1.82) is 0 Å². The number of likely N-dealkylation sites (N-methyl/N-ethyl adjacent to an activating group) is 1. The fourth-order valence-corrected chi connectivity index (χ4v) is 3.28. The summed E-state index contributed by atoms with van der Waals surface area (Å²) in [7, 11) is 2.15. The van der Waals surface area contributed by atoms with Crippen molar-refractivity contribution in [2.45, 2.75) is 13.1 Å². The number of hydrogen-bond donors (Lipinski definition) is 0. The number of fused-ring (bicyclic) bond motifs is 1. The maximum absolute atomic E-state index is 4.63. The van der Waals surface area contributed by atoms with Crippen LogP contribution in [0.4, 0.5) is 0 Å². The number of nitrogens with zero attached hydrogens (tertiary/aromatic N) is 3. The van der Waals surface area contributed by atoms with Crippen LogP contribution in [0.1, 0.15) is 5.69 Å². The predicted octanol–water partition coefficient (Wildman–Crippen LogP) is 2.82. The van der Waals surface area contributed by atoms with E-state index >= 15 is 0 Å². The molecule has 2 aromatic heterocycles. The SMILES string of the molecule is CN1CCn2c(-c3cccs3)nc(Br)c2C1. The summed E-state index contributed by atoms with van der Waals surface area (Å²) in [5, 5.41) is 2.10. The lowest BCUT2D eigenvalue weighted by Gasteiger charge is -2.25. The zero-order valence-electron chi connectivity index (χ0n) is 8.98. The molecule has 0 unspecified atom stereocenters. The van der Waals surface area contributed by atoms with Crippen LogP contribution in [0.2, 0.25) is 0 Å². The highest BCUT2D eigenvalue weighted by Crippen LogP contribution is 2.31. The molecule has 3 nitrogen and oxygen atoms in total. The molecule has 0 amide bonds. The minimum Gasteiger partial charge on any atom is -0.324 e. The molecule has 84 valence electrons. The summed E-state index contributed by atoms with van der Waals surface area (Å²) in [5.74, 6) is 1.10. The van der Waals surface area contributed by atoms with Gasteiger partial charge in [-0.05, 0) is 34.4 Å². The smallest absolute Gasteiger partial charge is 0.151 e. The number of hydrogen-bond acceptors (Lipinski definition) is 3. The molecule has 0 fully saturated rings. The van der Waals surface area contributed by atoms with Crippen molar-refractivity contribution in [3.63, 3.8) is 0 Å². The summed E-state index contributed by atoms with van der Waals surface area (Å²) in [5.41, 5.74) is 1.29. The number of thiophene rings is 1. The molecule has 0 N–H and O–H groups in total. The van der Waals surface area contributed by atoms with Gasteiger partial charge in [-0.3, -0.25) is 4.90 Å². The topological polar surface area (TPSA) is 21.1 Å². The summed E-state index contributed by atoms with van der Waals surface area (Å²) in [6.45, 7) is 3.09. The van der Waals surface area contributed by atoms with E-state index in [1.54, 1.807) is 11.3 Å². The van der Waals surface area contributed by atoms with Gasteiger partial charge in [0, 0.05) is 19.6 Å². The molecule has 0 aliphatic carbocycles. The number of aromatic nitrogens is 2. The number of halogens is 1. The summed E-state index contributed by atoms with van der Waals surface area (Å²) in [6.07, 6.45) is 0. The van der Waals surface area contributed by atoms with Crippen LogP contribution >= 0.6 is 27.3 Å². The van der Waals surface area contributed by atoms with E-state index in [0.717, 1.165) is 30.1 Å². The first-order valence-electron chi connectivity index (χ1n) is 5.23. The van der Waals surface area contributed by atoms with E-state index in [-0.39, 0.29) is 0 Å². The Morgan fingerprint density at radius 2 is 2.31 bits per heavy atom. The molecule has 0 spiro atoms. The summed E-state index contributed by atoms with van der Waals surface area (Å²) >= 11 is 5.31. The Hall–Kier alpha value is -0.650. The zero-order chi connectivity index (χ0) is 11.1. The highest BCUT2D eigenvalue weighted by atomic mass is 79.9. The monoisotopic (exact) mass is 297 g/mol. The Kier molecular flexibility index (Phi) is 2.61. The van der Waals surface area contributed by atoms with Crippen LogP contribution < -0.4 is 0 Å². The molecule has 3 rings (SSSR count). The molecule has 1 aliphatic heterocycles. The maximum Gasteiger partial charge on any atom is 0.151 e. The largest absolute Gasteiger partial charge is 0.324 e. The zero-order valence-corrected chi connectivity index (χ0v) is 11.4. The van der Waals surface area contributed by atoms with Gasteiger partial charge in [0.05, 0.1) is 10.6 Å². The van der Waals surface area contributed by atoms with E-state index in [1.807, 2.05) is 0 Å². The molecule has 16 heavy (non-hydrogen) atoms. The molecule has 0 atom stereocenters. The Balaban J connectivity index is 2.12. The third kappa shape index (κ3) is 1.63. The van der Waals surface area contributed by atoms with E-state index in [9.17, 15) is 0 Å². The molecule has 2 aromatic rings. The highest BCUT2D eigenvalue weighted by Gasteiger charge is 2.22. The molecule has 5 heteroatoms. The van der Waals surface area contributed by atoms with Gasteiger partial charge in [-0.1, -0.05) is 6.07 Å². The second-order valence-electron chi connectivity index (χ2n) is 4.04. The summed E-state index contributed by atoms with van der Waals surface area (Å²) < 4.78 is 3.32. The fraction of sp³-hybridized carbons (Fsp3) is 0.364. The molecular weight excluding hydrogens is 286 g/mol. The predicted molar refractivity (Wildman–Crippen MR) is 69.6 cm³/mol. The lowest BCUT2D eigenvalue weighted by Crippen LogP contribution is -2.30. The van der Waals surface area contributed by atoms with Crippen molar-refractivity contribution in [2.75, 3.05) is 13.6 Å². The van der Waals surface area contributed by atoms with E-state index in [4.69, 9.17) is 0 Å². The summed E-state index contributed by atoms with van der Waals surface area (Å²) in [4.78, 5) is 8.20. The second-order valence-corrected chi connectivity index (χ2v) is 5.74. The van der Waals surface area contributed by atoms with Crippen molar-refractivity contribution in [3.8, 4) is 10.7 Å². The lowest BCUT2D eigenvalue weighted by atomic mass is 10.3. The minimum atomic E-state index is 0.971. The van der Waals surface area contributed by atoms with Gasteiger partial charge < -0.3 is 4.57 Å². The van der Waals surface area contributed by atoms with Crippen LogP contribution in [0.25, 0.3) is 10.7 Å². The van der Waals surface area contributed by atoms with Crippen molar-refractivity contribution >= 4 is 27.3 Å². The fourth-order valence-electron chi connectivity index (χ4n) is 2.05. The first-order chi connectivity index (χ1) is 7.75. The molecule has 0 bridgehead atoms. The van der Waals surface area contributed by atoms with Crippen molar-refractivity contribution in [3.05, 3.63) is 27.8 Å². The van der Waals surface area contributed by atoms with Crippen molar-refractivity contribution in [2.24, 2.45) is 0 Å². The van der Waals surface area contributed by atoms with Crippen LogP contribution in [0.5, 0.6) is 0 Å². The molecule has 0 radical (unpaired) electrons. The van der Waals surface area contributed by atoms with E-state index in [2.05, 4.69) is 54.9 Å². The van der Waals surface area contributed by atoms with Gasteiger partial charge in [0.15, 0.2) is 5.82 Å². The quantitative estimate of drug-likeness (QED) is 0.807. The molecule has 0 aromatic carbocycles. The van der Waals surface area contributed by atoms with Gasteiger partial charge in [0.2, 0.25) is 0 Å². The van der Waals surface area contributed by atoms with Crippen LogP contribution in [-0.2, 0) is 13.1 Å². The molecule has 0 saturated carbocycles. The average molecular weight is 298 g/mol. The van der Waals surface area contributed by atoms with Crippen molar-refractivity contribution in [1.82, 2.24) is 14.5 Å². The highest BCUT2D eigenvalue weighted by molar-refractivity contribution is 9.10. The van der Waals surface area contributed by atoms with E-state index in [1.165, 1.54) is 10.6 Å². The third-order valence-electron chi connectivity index (χ3n) is 2.89. The second kappa shape index (κ2) is 3.98. The standard InChI is InChI=1S/C11H12BrN3S/c1-14-4-5-15-8(7-14)10(12)13-11(15)9-3-2-6-16-9/h2-3,6H,4-5,7H2,1H3. The Labute approximate surface area is 107 Å². The van der Waals surface area contributed by atoms with Crippen molar-refractivity contribution < 1.29 is 0 Å². The first kappa shape index (κ1) is 10.5. The molecule has 0 saturated heterocycles. The van der Waals surface area contributed by atoms with Crippen LogP contribution in [0.15, 0.2) is 22.1 Å². The summed E-state index contributed by atoms with van der Waals surface area (Å²) in [6, 6.07) is 4.20. The van der Waals surface area contributed by atoms with Gasteiger partial charge in [-0.25, -0.2) is 4.98 Å². The van der Waals surface area contributed by atoms with E-state index < -0.39 is 0 Å². The Morgan fingerprint density at radius 3 is 3.06 bits per heavy atom. The molecule has 1 aliphatic rings. The average Bonchev–Trinajstić information content (AvgIpc) is 2.87. The van der Waals surface area contributed by atoms with Gasteiger partial charge >= 0.3 is 0 Å². The van der Waals surface area contributed by atoms with Crippen LogP contribution in [0.3, 0.4) is 0 Å². The molecular formula is C11H12BrN3S.